The number of carboxylic acids is 1. The fourth-order valence-corrected chi connectivity index (χ4v) is 2.72. The molecule has 1 aliphatic rings. The van der Waals surface area contributed by atoms with Gasteiger partial charge in [0.05, 0.1) is 24.5 Å². The normalized spacial score (nSPS) is 14.4. The van der Waals surface area contributed by atoms with Crippen LogP contribution in [0.3, 0.4) is 0 Å². The molecule has 0 bridgehead atoms. The smallest absolute Gasteiger partial charge is 0.337 e. The highest BCUT2D eigenvalue weighted by Crippen LogP contribution is 2.26. The van der Waals surface area contributed by atoms with Gasteiger partial charge in [-0.1, -0.05) is 12.1 Å². The molecule has 3 rings (SSSR count). The molecule has 6 nitrogen and oxygen atoms in total. The Morgan fingerprint density at radius 1 is 1.12 bits per heavy atom. The van der Waals surface area contributed by atoms with Crippen molar-refractivity contribution in [2.45, 2.75) is 6.54 Å². The maximum atomic E-state index is 11.6. The molecule has 0 unspecified atom stereocenters. The summed E-state index contributed by atoms with van der Waals surface area (Å²) in [7, 11) is 0. The van der Waals surface area contributed by atoms with E-state index < -0.39 is 5.97 Å². The van der Waals surface area contributed by atoms with Gasteiger partial charge in [0.15, 0.2) is 0 Å². The number of anilines is 2. The Labute approximate surface area is 140 Å². The summed E-state index contributed by atoms with van der Waals surface area (Å²) in [5, 5.41) is 22.0. The molecular weight excluding hydrogens is 308 g/mol. The van der Waals surface area contributed by atoms with E-state index in [1.54, 1.807) is 18.2 Å². The van der Waals surface area contributed by atoms with E-state index in [1.165, 1.54) is 0 Å². The molecule has 2 aromatic carbocycles. The Hall–Kier alpha value is -2.73. The van der Waals surface area contributed by atoms with E-state index in [1.807, 2.05) is 29.2 Å². The number of carboxylic acid groups (broad SMARTS) is 1. The SMILES string of the molecule is O=C(O)c1cc(NCc2ccc(O)cc2)ccc1N1CCOCC1. The van der Waals surface area contributed by atoms with Gasteiger partial charge in [0, 0.05) is 25.3 Å². The third kappa shape index (κ3) is 3.78. The highest BCUT2D eigenvalue weighted by atomic mass is 16.5. The molecule has 1 fully saturated rings. The average molecular weight is 328 g/mol. The van der Waals surface area contributed by atoms with Crippen LogP contribution in [0.4, 0.5) is 11.4 Å². The van der Waals surface area contributed by atoms with E-state index in [2.05, 4.69) is 5.32 Å². The number of nitrogens with zero attached hydrogens (tertiary/aromatic N) is 1. The predicted molar refractivity (Wildman–Crippen MR) is 91.9 cm³/mol. The molecule has 0 saturated carbocycles. The molecule has 0 spiro atoms. The lowest BCUT2D eigenvalue weighted by Crippen LogP contribution is -2.37. The van der Waals surface area contributed by atoms with Gasteiger partial charge in [0.2, 0.25) is 0 Å². The number of phenolic OH excluding ortho intramolecular Hbond substituents is 1. The number of rotatable bonds is 5. The Balaban J connectivity index is 1.75. The van der Waals surface area contributed by atoms with Crippen molar-refractivity contribution in [3.8, 4) is 5.75 Å². The van der Waals surface area contributed by atoms with Gasteiger partial charge in [-0.3, -0.25) is 0 Å². The summed E-state index contributed by atoms with van der Waals surface area (Å²) < 4.78 is 5.32. The third-order valence-corrected chi connectivity index (χ3v) is 4.01. The first-order valence-electron chi connectivity index (χ1n) is 7.85. The van der Waals surface area contributed by atoms with Crippen molar-refractivity contribution in [1.29, 1.82) is 0 Å². The first kappa shape index (κ1) is 16.1. The number of ether oxygens (including phenoxy) is 1. The predicted octanol–water partition coefficient (Wildman–Crippen LogP) is 2.54. The molecular formula is C18H20N2O4. The van der Waals surface area contributed by atoms with Crippen molar-refractivity contribution in [2.75, 3.05) is 36.5 Å². The molecule has 1 heterocycles. The summed E-state index contributed by atoms with van der Waals surface area (Å²) in [6, 6.07) is 12.3. The molecule has 0 atom stereocenters. The Bertz CT molecular complexity index is 709. The summed E-state index contributed by atoms with van der Waals surface area (Å²) in [6.07, 6.45) is 0. The first-order chi connectivity index (χ1) is 11.6. The van der Waals surface area contributed by atoms with Gasteiger partial charge in [0.25, 0.3) is 0 Å². The quantitative estimate of drug-likeness (QED) is 0.782. The molecule has 2 aromatic rings. The van der Waals surface area contributed by atoms with Crippen LogP contribution in [0.5, 0.6) is 5.75 Å². The standard InChI is InChI=1S/C18H20N2O4/c21-15-4-1-13(2-5-15)12-19-14-3-6-17(16(11-14)18(22)23)20-7-9-24-10-8-20/h1-6,11,19,21H,7-10,12H2,(H,22,23). The number of hydrogen-bond donors (Lipinski definition) is 3. The molecule has 0 aliphatic carbocycles. The van der Waals surface area contributed by atoms with E-state index in [9.17, 15) is 15.0 Å². The van der Waals surface area contributed by atoms with Crippen LogP contribution in [0.2, 0.25) is 0 Å². The van der Waals surface area contributed by atoms with Crippen LogP contribution >= 0.6 is 0 Å². The number of benzene rings is 2. The van der Waals surface area contributed by atoms with Crippen LogP contribution in [-0.2, 0) is 11.3 Å². The first-order valence-corrected chi connectivity index (χ1v) is 7.85. The van der Waals surface area contributed by atoms with Gasteiger partial charge in [-0.15, -0.1) is 0 Å². The molecule has 0 aromatic heterocycles. The number of aromatic hydroxyl groups is 1. The van der Waals surface area contributed by atoms with Gasteiger partial charge in [-0.2, -0.15) is 0 Å². The minimum atomic E-state index is -0.940. The lowest BCUT2D eigenvalue weighted by atomic mass is 10.1. The number of morpholine rings is 1. The summed E-state index contributed by atoms with van der Waals surface area (Å²) in [6.45, 7) is 3.16. The zero-order valence-corrected chi connectivity index (χ0v) is 13.2. The minimum absolute atomic E-state index is 0.224. The number of aromatic carboxylic acids is 1. The molecule has 24 heavy (non-hydrogen) atoms. The number of phenols is 1. The minimum Gasteiger partial charge on any atom is -0.508 e. The van der Waals surface area contributed by atoms with Crippen LogP contribution in [0.1, 0.15) is 15.9 Å². The maximum Gasteiger partial charge on any atom is 0.337 e. The van der Waals surface area contributed by atoms with Crippen molar-refractivity contribution >= 4 is 17.3 Å². The second-order valence-electron chi connectivity index (χ2n) is 5.66. The van der Waals surface area contributed by atoms with Crippen LogP contribution < -0.4 is 10.2 Å². The van der Waals surface area contributed by atoms with Gasteiger partial charge in [-0.25, -0.2) is 4.79 Å². The third-order valence-electron chi connectivity index (χ3n) is 4.01. The molecule has 1 aliphatic heterocycles. The van der Waals surface area contributed by atoms with Gasteiger partial charge < -0.3 is 25.2 Å². The van der Waals surface area contributed by atoms with E-state index in [0.717, 1.165) is 16.9 Å². The molecule has 126 valence electrons. The lowest BCUT2D eigenvalue weighted by molar-refractivity contribution is 0.0696. The molecule has 1 saturated heterocycles. The van der Waals surface area contributed by atoms with Crippen molar-refractivity contribution in [3.05, 3.63) is 53.6 Å². The highest BCUT2D eigenvalue weighted by molar-refractivity contribution is 5.95. The van der Waals surface area contributed by atoms with Crippen LogP contribution in [0.25, 0.3) is 0 Å². The maximum absolute atomic E-state index is 11.6. The number of hydrogen-bond acceptors (Lipinski definition) is 5. The van der Waals surface area contributed by atoms with E-state index in [4.69, 9.17) is 4.74 Å². The summed E-state index contributed by atoms with van der Waals surface area (Å²) in [5.41, 5.74) is 2.76. The fraction of sp³-hybridized carbons (Fsp3) is 0.278. The van der Waals surface area contributed by atoms with Crippen LogP contribution in [0.15, 0.2) is 42.5 Å². The largest absolute Gasteiger partial charge is 0.508 e. The Morgan fingerprint density at radius 3 is 2.50 bits per heavy atom. The van der Waals surface area contributed by atoms with Crippen LogP contribution in [0, 0.1) is 0 Å². The Kier molecular flexibility index (Phi) is 4.86. The number of carbonyl (C=O) groups is 1. The van der Waals surface area contributed by atoms with Crippen molar-refractivity contribution in [2.24, 2.45) is 0 Å². The highest BCUT2D eigenvalue weighted by Gasteiger charge is 2.18. The number of nitrogens with one attached hydrogen (secondary N) is 1. The fourth-order valence-electron chi connectivity index (χ4n) is 2.72. The monoisotopic (exact) mass is 328 g/mol. The molecule has 0 radical (unpaired) electrons. The Morgan fingerprint density at radius 2 is 1.83 bits per heavy atom. The second-order valence-corrected chi connectivity index (χ2v) is 5.66. The second kappa shape index (κ2) is 7.23. The molecule has 6 heteroatoms. The topological polar surface area (TPSA) is 82.0 Å². The average Bonchev–Trinajstić information content (AvgIpc) is 2.62. The van der Waals surface area contributed by atoms with Crippen molar-refractivity contribution in [1.82, 2.24) is 0 Å². The van der Waals surface area contributed by atoms with E-state index >= 15 is 0 Å². The van der Waals surface area contributed by atoms with E-state index in [-0.39, 0.29) is 11.3 Å². The van der Waals surface area contributed by atoms with Crippen LogP contribution in [-0.4, -0.2) is 42.5 Å². The molecule has 0 amide bonds. The van der Waals surface area contributed by atoms with Gasteiger partial charge in [-0.05, 0) is 35.9 Å². The van der Waals surface area contributed by atoms with E-state index in [0.29, 0.717) is 32.8 Å². The lowest BCUT2D eigenvalue weighted by Gasteiger charge is -2.30. The summed E-state index contributed by atoms with van der Waals surface area (Å²) in [5.74, 6) is -0.716. The van der Waals surface area contributed by atoms with Crippen molar-refractivity contribution in [3.63, 3.8) is 0 Å². The van der Waals surface area contributed by atoms with Crippen molar-refractivity contribution < 1.29 is 19.7 Å². The molecule has 3 N–H and O–H groups in total. The van der Waals surface area contributed by atoms with Gasteiger partial charge >= 0.3 is 5.97 Å². The zero-order valence-electron chi connectivity index (χ0n) is 13.2. The summed E-state index contributed by atoms with van der Waals surface area (Å²) in [4.78, 5) is 13.7. The summed E-state index contributed by atoms with van der Waals surface area (Å²) >= 11 is 0. The van der Waals surface area contributed by atoms with Gasteiger partial charge in [0.1, 0.15) is 5.75 Å². The zero-order chi connectivity index (χ0) is 16.9.